The van der Waals surface area contributed by atoms with Crippen molar-refractivity contribution in [2.45, 2.75) is 44.9 Å². The molecule has 0 spiro atoms. The first-order valence-corrected chi connectivity index (χ1v) is 7.41. The molecule has 0 N–H and O–H groups in total. The van der Waals surface area contributed by atoms with Gasteiger partial charge in [0.2, 0.25) is 0 Å². The topological polar surface area (TPSA) is 33.0 Å². The quantitative estimate of drug-likeness (QED) is 0.738. The summed E-state index contributed by atoms with van der Waals surface area (Å²) < 4.78 is 5.66. The van der Waals surface area contributed by atoms with Gasteiger partial charge in [-0.3, -0.25) is 0 Å². The molecule has 102 valence electrons. The maximum atomic E-state index is 8.81. The molecule has 1 aromatic rings. The predicted octanol–water partition coefficient (Wildman–Crippen LogP) is 4.26. The molecule has 0 radical (unpaired) electrons. The Labute approximate surface area is 116 Å². The van der Waals surface area contributed by atoms with E-state index in [0.29, 0.717) is 5.92 Å². The van der Waals surface area contributed by atoms with E-state index in [1.807, 2.05) is 12.1 Å². The minimum absolute atomic E-state index is 0.676. The van der Waals surface area contributed by atoms with E-state index in [-0.39, 0.29) is 0 Å². The lowest BCUT2D eigenvalue weighted by atomic mass is 9.79. The van der Waals surface area contributed by atoms with Crippen molar-refractivity contribution in [3.05, 3.63) is 35.4 Å². The molecule has 0 aromatic heterocycles. The van der Waals surface area contributed by atoms with Crippen molar-refractivity contribution in [3.8, 4) is 6.07 Å². The second-order valence-electron chi connectivity index (χ2n) is 5.53. The fourth-order valence-corrected chi connectivity index (χ4v) is 2.89. The van der Waals surface area contributed by atoms with Gasteiger partial charge in [0.05, 0.1) is 11.6 Å². The molecule has 1 saturated carbocycles. The minimum atomic E-state index is 0.676. The second kappa shape index (κ2) is 7.31. The van der Waals surface area contributed by atoms with Crippen LogP contribution in [0.15, 0.2) is 24.3 Å². The van der Waals surface area contributed by atoms with Gasteiger partial charge >= 0.3 is 0 Å². The van der Waals surface area contributed by atoms with Crippen molar-refractivity contribution in [2.24, 2.45) is 5.92 Å². The zero-order valence-corrected chi connectivity index (χ0v) is 11.8. The molecular weight excluding hydrogens is 234 g/mol. The van der Waals surface area contributed by atoms with E-state index in [2.05, 4.69) is 25.1 Å². The highest BCUT2D eigenvalue weighted by Crippen LogP contribution is 2.35. The van der Waals surface area contributed by atoms with Crippen molar-refractivity contribution in [2.75, 3.05) is 13.2 Å². The molecular formula is C17H23NO. The molecule has 0 unspecified atom stereocenters. The van der Waals surface area contributed by atoms with Gasteiger partial charge in [-0.2, -0.15) is 5.26 Å². The van der Waals surface area contributed by atoms with Gasteiger partial charge in [-0.05, 0) is 61.6 Å². The van der Waals surface area contributed by atoms with E-state index < -0.39 is 0 Å². The van der Waals surface area contributed by atoms with E-state index >= 15 is 0 Å². The lowest BCUT2D eigenvalue weighted by molar-refractivity contribution is 0.0832. The van der Waals surface area contributed by atoms with E-state index in [1.54, 1.807) is 0 Å². The molecule has 2 rings (SSSR count). The van der Waals surface area contributed by atoms with Crippen LogP contribution >= 0.6 is 0 Å². The Bertz CT molecular complexity index is 410. The van der Waals surface area contributed by atoms with Crippen LogP contribution in [0.5, 0.6) is 0 Å². The maximum absolute atomic E-state index is 8.81. The molecule has 1 aromatic carbocycles. The van der Waals surface area contributed by atoms with Gasteiger partial charge in [0.25, 0.3) is 0 Å². The molecule has 1 aliphatic rings. The predicted molar refractivity (Wildman–Crippen MR) is 77.0 cm³/mol. The van der Waals surface area contributed by atoms with Gasteiger partial charge in [0.15, 0.2) is 0 Å². The number of hydrogen-bond acceptors (Lipinski definition) is 2. The van der Waals surface area contributed by atoms with E-state index in [0.717, 1.165) is 31.1 Å². The number of nitrogens with zero attached hydrogens (tertiary/aromatic N) is 1. The van der Waals surface area contributed by atoms with Gasteiger partial charge in [-0.15, -0.1) is 0 Å². The molecule has 0 amide bonds. The fourth-order valence-electron chi connectivity index (χ4n) is 2.89. The molecule has 0 atom stereocenters. The largest absolute Gasteiger partial charge is 0.381 e. The van der Waals surface area contributed by atoms with Gasteiger partial charge in [-0.1, -0.05) is 19.1 Å². The highest BCUT2D eigenvalue weighted by Gasteiger charge is 2.22. The highest BCUT2D eigenvalue weighted by atomic mass is 16.5. The van der Waals surface area contributed by atoms with Gasteiger partial charge in [0.1, 0.15) is 0 Å². The summed E-state index contributed by atoms with van der Waals surface area (Å²) in [6.07, 6.45) is 6.17. The number of hydrogen-bond donors (Lipinski definition) is 0. The number of rotatable bonds is 5. The summed E-state index contributed by atoms with van der Waals surface area (Å²) in [5.74, 6) is 1.43. The zero-order valence-electron chi connectivity index (χ0n) is 11.8. The van der Waals surface area contributed by atoms with E-state index in [9.17, 15) is 0 Å². The van der Waals surface area contributed by atoms with Crippen molar-refractivity contribution in [1.29, 1.82) is 5.26 Å². The molecule has 2 heteroatoms. The van der Waals surface area contributed by atoms with Crippen LogP contribution in [0, 0.1) is 17.2 Å². The highest BCUT2D eigenvalue weighted by molar-refractivity contribution is 5.33. The lowest BCUT2D eigenvalue weighted by Gasteiger charge is -2.28. The first kappa shape index (κ1) is 14.1. The van der Waals surface area contributed by atoms with Crippen LogP contribution in [-0.2, 0) is 4.74 Å². The number of ether oxygens (including phenoxy) is 1. The van der Waals surface area contributed by atoms with Crippen LogP contribution in [0.2, 0.25) is 0 Å². The Morgan fingerprint density at radius 2 is 1.84 bits per heavy atom. The monoisotopic (exact) mass is 257 g/mol. The summed E-state index contributed by atoms with van der Waals surface area (Å²) in [5, 5.41) is 8.81. The van der Waals surface area contributed by atoms with E-state index in [4.69, 9.17) is 10.00 Å². The number of nitriles is 1. The smallest absolute Gasteiger partial charge is 0.0991 e. The average Bonchev–Trinajstić information content (AvgIpc) is 2.48. The molecule has 0 heterocycles. The van der Waals surface area contributed by atoms with E-state index in [1.165, 1.54) is 31.2 Å². The van der Waals surface area contributed by atoms with Crippen LogP contribution in [0.4, 0.5) is 0 Å². The SMILES string of the molecule is CCCOCC1CCC(c2ccc(C#N)cc2)CC1. The molecule has 19 heavy (non-hydrogen) atoms. The molecule has 1 aliphatic carbocycles. The summed E-state index contributed by atoms with van der Waals surface area (Å²) in [6, 6.07) is 10.3. The summed E-state index contributed by atoms with van der Waals surface area (Å²) in [5.41, 5.74) is 2.15. The standard InChI is InChI=1S/C17H23NO/c1-2-11-19-13-15-5-9-17(10-6-15)16-7-3-14(12-18)4-8-16/h3-4,7-8,15,17H,2,5-6,9-11,13H2,1H3. The Hall–Kier alpha value is -1.33. The fraction of sp³-hybridized carbons (Fsp3) is 0.588. The van der Waals surface area contributed by atoms with Crippen LogP contribution < -0.4 is 0 Å². The molecule has 1 fully saturated rings. The Morgan fingerprint density at radius 1 is 1.16 bits per heavy atom. The summed E-state index contributed by atoms with van der Waals surface area (Å²) in [6.45, 7) is 3.99. The van der Waals surface area contributed by atoms with Crippen LogP contribution in [0.1, 0.15) is 56.1 Å². The summed E-state index contributed by atoms with van der Waals surface area (Å²) >= 11 is 0. The van der Waals surface area contributed by atoms with Crippen molar-refractivity contribution in [3.63, 3.8) is 0 Å². The van der Waals surface area contributed by atoms with Crippen LogP contribution in [0.25, 0.3) is 0 Å². The second-order valence-corrected chi connectivity index (χ2v) is 5.53. The Morgan fingerprint density at radius 3 is 2.42 bits per heavy atom. The Balaban J connectivity index is 1.80. The molecule has 0 bridgehead atoms. The maximum Gasteiger partial charge on any atom is 0.0991 e. The third kappa shape index (κ3) is 4.08. The Kier molecular flexibility index (Phi) is 5.42. The third-order valence-electron chi connectivity index (χ3n) is 4.06. The third-order valence-corrected chi connectivity index (χ3v) is 4.06. The normalized spacial score (nSPS) is 22.9. The molecule has 2 nitrogen and oxygen atoms in total. The number of benzene rings is 1. The van der Waals surface area contributed by atoms with Crippen LogP contribution in [0.3, 0.4) is 0 Å². The van der Waals surface area contributed by atoms with Crippen molar-refractivity contribution >= 4 is 0 Å². The van der Waals surface area contributed by atoms with Crippen molar-refractivity contribution in [1.82, 2.24) is 0 Å². The molecule has 0 saturated heterocycles. The van der Waals surface area contributed by atoms with Gasteiger partial charge in [-0.25, -0.2) is 0 Å². The van der Waals surface area contributed by atoms with Gasteiger partial charge in [0, 0.05) is 13.2 Å². The first-order valence-electron chi connectivity index (χ1n) is 7.41. The average molecular weight is 257 g/mol. The summed E-state index contributed by atoms with van der Waals surface area (Å²) in [4.78, 5) is 0. The minimum Gasteiger partial charge on any atom is -0.381 e. The van der Waals surface area contributed by atoms with Crippen LogP contribution in [-0.4, -0.2) is 13.2 Å². The molecule has 0 aliphatic heterocycles. The lowest BCUT2D eigenvalue weighted by Crippen LogP contribution is -2.18. The first-order chi connectivity index (χ1) is 9.33. The summed E-state index contributed by atoms with van der Waals surface area (Å²) in [7, 11) is 0. The zero-order chi connectivity index (χ0) is 13.5. The van der Waals surface area contributed by atoms with Gasteiger partial charge < -0.3 is 4.74 Å². The van der Waals surface area contributed by atoms with Crippen molar-refractivity contribution < 1.29 is 4.74 Å².